The highest BCUT2D eigenvalue weighted by Crippen LogP contribution is 2.24. The lowest BCUT2D eigenvalue weighted by Gasteiger charge is -2.25. The molecule has 0 atom stereocenters. The van der Waals surface area contributed by atoms with Crippen molar-refractivity contribution in [2.45, 2.75) is 53.4 Å². The lowest BCUT2D eigenvalue weighted by atomic mass is 9.87. The molecule has 0 spiro atoms. The molecule has 1 aromatic heterocycles. The maximum Gasteiger partial charge on any atom is 0.269 e. The first-order valence-electron chi connectivity index (χ1n) is 7.96. The molecule has 0 fully saturated rings. The molecule has 0 aliphatic rings. The molecule has 21 heavy (non-hydrogen) atoms. The normalized spacial score (nSPS) is 11.2. The van der Waals surface area contributed by atoms with Crippen LogP contribution in [0.5, 0.6) is 0 Å². The summed E-state index contributed by atoms with van der Waals surface area (Å²) in [5.74, 6) is -0.122. The molecule has 0 bridgehead atoms. The zero-order valence-corrected chi connectivity index (χ0v) is 13.8. The molecule has 1 rings (SSSR count). The van der Waals surface area contributed by atoms with E-state index in [9.17, 15) is 4.79 Å². The molecule has 0 saturated carbocycles. The highest BCUT2D eigenvalue weighted by molar-refractivity contribution is 5.93. The van der Waals surface area contributed by atoms with Crippen molar-refractivity contribution in [1.82, 2.24) is 10.3 Å². The van der Waals surface area contributed by atoms with E-state index in [0.29, 0.717) is 12.2 Å². The number of nitrogens with zero attached hydrogens (tertiary/aromatic N) is 1. The number of carbonyl (C=O) groups is 1. The number of anilines is 1. The minimum absolute atomic E-state index is 0.122. The van der Waals surface area contributed by atoms with E-state index in [1.54, 1.807) is 6.20 Å². The van der Waals surface area contributed by atoms with E-state index in [4.69, 9.17) is 0 Å². The summed E-state index contributed by atoms with van der Waals surface area (Å²) in [6.07, 6.45) is 6.70. The Kier molecular flexibility index (Phi) is 7.20. The molecule has 1 heterocycles. The highest BCUT2D eigenvalue weighted by atomic mass is 16.1. The van der Waals surface area contributed by atoms with Gasteiger partial charge in [-0.25, -0.2) is 0 Å². The second-order valence-electron chi connectivity index (χ2n) is 6.26. The molecule has 118 valence electrons. The van der Waals surface area contributed by atoms with Crippen molar-refractivity contribution in [2.75, 3.05) is 18.4 Å². The van der Waals surface area contributed by atoms with Crippen LogP contribution in [-0.4, -0.2) is 24.0 Å². The first kappa shape index (κ1) is 17.5. The van der Waals surface area contributed by atoms with Crippen molar-refractivity contribution in [3.8, 4) is 0 Å². The maximum atomic E-state index is 11.8. The number of rotatable bonds is 9. The van der Waals surface area contributed by atoms with Gasteiger partial charge in [-0.2, -0.15) is 0 Å². The molecule has 1 aromatic rings. The minimum Gasteiger partial charge on any atom is -0.384 e. The number of pyridine rings is 1. The van der Waals surface area contributed by atoms with Gasteiger partial charge in [0.05, 0.1) is 0 Å². The van der Waals surface area contributed by atoms with Crippen LogP contribution in [0.4, 0.5) is 5.69 Å². The Morgan fingerprint density at radius 2 is 2.05 bits per heavy atom. The Bertz CT molecular complexity index is 443. The Hall–Kier alpha value is -1.58. The minimum atomic E-state index is -0.122. The van der Waals surface area contributed by atoms with E-state index in [1.165, 1.54) is 25.7 Å². The summed E-state index contributed by atoms with van der Waals surface area (Å²) >= 11 is 0. The summed E-state index contributed by atoms with van der Waals surface area (Å²) < 4.78 is 0. The Morgan fingerprint density at radius 1 is 1.29 bits per heavy atom. The zero-order chi connectivity index (χ0) is 15.7. The predicted octanol–water partition coefficient (Wildman–Crippen LogP) is 3.85. The van der Waals surface area contributed by atoms with Gasteiger partial charge in [-0.3, -0.25) is 9.78 Å². The van der Waals surface area contributed by atoms with Crippen molar-refractivity contribution >= 4 is 11.6 Å². The monoisotopic (exact) mass is 291 g/mol. The van der Waals surface area contributed by atoms with Gasteiger partial charge in [-0.05, 0) is 30.9 Å². The van der Waals surface area contributed by atoms with Crippen LogP contribution in [0, 0.1) is 5.41 Å². The van der Waals surface area contributed by atoms with Crippen molar-refractivity contribution in [1.29, 1.82) is 0 Å². The van der Waals surface area contributed by atoms with Crippen LogP contribution in [0.3, 0.4) is 0 Å². The summed E-state index contributed by atoms with van der Waals surface area (Å²) in [6.45, 7) is 10.2. The van der Waals surface area contributed by atoms with Gasteiger partial charge in [-0.1, -0.05) is 40.0 Å². The molecule has 4 heteroatoms. The SMILES string of the molecule is CCCCCC(C)(C)CNc1ccnc(C(=O)NCC)c1. The fourth-order valence-electron chi connectivity index (χ4n) is 2.20. The molecule has 0 aromatic carbocycles. The number of unbranched alkanes of at least 4 members (excludes halogenated alkanes) is 2. The van der Waals surface area contributed by atoms with Crippen molar-refractivity contribution in [3.63, 3.8) is 0 Å². The van der Waals surface area contributed by atoms with Crippen LogP contribution in [-0.2, 0) is 0 Å². The molecule has 0 unspecified atom stereocenters. The predicted molar refractivity (Wildman–Crippen MR) is 88.7 cm³/mol. The number of hydrogen-bond acceptors (Lipinski definition) is 3. The van der Waals surface area contributed by atoms with Gasteiger partial charge in [0.1, 0.15) is 5.69 Å². The molecule has 2 N–H and O–H groups in total. The van der Waals surface area contributed by atoms with Crippen LogP contribution in [0.2, 0.25) is 0 Å². The molecule has 4 nitrogen and oxygen atoms in total. The van der Waals surface area contributed by atoms with E-state index in [0.717, 1.165) is 12.2 Å². The average molecular weight is 291 g/mol. The number of aromatic nitrogens is 1. The number of hydrogen-bond donors (Lipinski definition) is 2. The van der Waals surface area contributed by atoms with E-state index in [-0.39, 0.29) is 11.3 Å². The highest BCUT2D eigenvalue weighted by Gasteiger charge is 2.17. The second-order valence-corrected chi connectivity index (χ2v) is 6.26. The molecule has 0 aliphatic carbocycles. The molecule has 0 saturated heterocycles. The largest absolute Gasteiger partial charge is 0.384 e. The zero-order valence-electron chi connectivity index (χ0n) is 13.8. The maximum absolute atomic E-state index is 11.8. The molecule has 0 aliphatic heterocycles. The van der Waals surface area contributed by atoms with Crippen LogP contribution in [0.15, 0.2) is 18.3 Å². The third-order valence-corrected chi connectivity index (χ3v) is 3.56. The van der Waals surface area contributed by atoms with Gasteiger partial charge in [0.25, 0.3) is 5.91 Å². The van der Waals surface area contributed by atoms with Crippen LogP contribution in [0.1, 0.15) is 63.9 Å². The van der Waals surface area contributed by atoms with Gasteiger partial charge >= 0.3 is 0 Å². The Balaban J connectivity index is 2.55. The number of carbonyl (C=O) groups excluding carboxylic acids is 1. The van der Waals surface area contributed by atoms with Crippen molar-refractivity contribution in [2.24, 2.45) is 5.41 Å². The topological polar surface area (TPSA) is 54.0 Å². The van der Waals surface area contributed by atoms with Crippen molar-refractivity contribution < 1.29 is 4.79 Å². The van der Waals surface area contributed by atoms with Gasteiger partial charge < -0.3 is 10.6 Å². The summed E-state index contributed by atoms with van der Waals surface area (Å²) in [6, 6.07) is 3.72. The van der Waals surface area contributed by atoms with E-state index >= 15 is 0 Å². The van der Waals surface area contributed by atoms with Crippen LogP contribution in [0.25, 0.3) is 0 Å². The number of amides is 1. The summed E-state index contributed by atoms with van der Waals surface area (Å²) in [5, 5.41) is 6.20. The third-order valence-electron chi connectivity index (χ3n) is 3.56. The van der Waals surface area contributed by atoms with E-state index in [1.807, 2.05) is 19.1 Å². The first-order chi connectivity index (χ1) is 9.98. The van der Waals surface area contributed by atoms with E-state index < -0.39 is 0 Å². The van der Waals surface area contributed by atoms with Crippen LogP contribution < -0.4 is 10.6 Å². The fraction of sp³-hybridized carbons (Fsp3) is 0.647. The molecular weight excluding hydrogens is 262 g/mol. The quantitative estimate of drug-likeness (QED) is 0.679. The first-order valence-corrected chi connectivity index (χ1v) is 7.96. The van der Waals surface area contributed by atoms with Gasteiger partial charge in [0, 0.05) is 25.0 Å². The van der Waals surface area contributed by atoms with Crippen molar-refractivity contribution in [3.05, 3.63) is 24.0 Å². The third kappa shape index (κ3) is 6.61. The molecule has 1 amide bonds. The van der Waals surface area contributed by atoms with E-state index in [2.05, 4.69) is 36.4 Å². The fourth-order valence-corrected chi connectivity index (χ4v) is 2.20. The average Bonchev–Trinajstić information content (AvgIpc) is 2.46. The Labute approximate surface area is 128 Å². The molecular formula is C17H29N3O. The van der Waals surface area contributed by atoms with Gasteiger partial charge in [0.2, 0.25) is 0 Å². The lowest BCUT2D eigenvalue weighted by molar-refractivity contribution is 0.0951. The number of nitrogens with one attached hydrogen (secondary N) is 2. The van der Waals surface area contributed by atoms with Crippen LogP contribution >= 0.6 is 0 Å². The smallest absolute Gasteiger partial charge is 0.269 e. The van der Waals surface area contributed by atoms with Gasteiger partial charge in [-0.15, -0.1) is 0 Å². The summed E-state index contributed by atoms with van der Waals surface area (Å²) in [7, 11) is 0. The summed E-state index contributed by atoms with van der Waals surface area (Å²) in [5.41, 5.74) is 1.67. The van der Waals surface area contributed by atoms with Gasteiger partial charge in [0.15, 0.2) is 0 Å². The lowest BCUT2D eigenvalue weighted by Crippen LogP contribution is -2.25. The second kappa shape index (κ2) is 8.65. The standard InChI is InChI=1S/C17H29N3O/c1-5-7-8-10-17(3,4)13-20-14-9-11-19-15(12-14)16(21)18-6-2/h9,11-12H,5-8,10,13H2,1-4H3,(H,18,21)(H,19,20). The Morgan fingerprint density at radius 3 is 2.71 bits per heavy atom. The molecule has 0 radical (unpaired) electrons. The summed E-state index contributed by atoms with van der Waals surface area (Å²) in [4.78, 5) is 15.9.